The Morgan fingerprint density at radius 1 is 1.26 bits per heavy atom. The number of carbonyl (C=O) groups excluding carboxylic acids is 3. The molecule has 0 radical (unpaired) electrons. The quantitative estimate of drug-likeness (QED) is 0.564. The largest absolute Gasteiger partial charge is 0.465 e. The number of nitrogens with zero attached hydrogens (tertiary/aromatic N) is 1. The van der Waals surface area contributed by atoms with E-state index in [0.717, 1.165) is 0 Å². The smallest absolute Gasteiger partial charge is 0.325 e. The molecule has 0 saturated carbocycles. The van der Waals surface area contributed by atoms with E-state index in [4.69, 9.17) is 16.2 Å². The molecule has 7 nitrogen and oxygen atoms in total. The van der Waals surface area contributed by atoms with Crippen LogP contribution in [0.25, 0.3) is 0 Å². The van der Waals surface area contributed by atoms with E-state index in [2.05, 4.69) is 0 Å². The second kappa shape index (κ2) is 8.47. The second-order valence-electron chi connectivity index (χ2n) is 4.69. The summed E-state index contributed by atoms with van der Waals surface area (Å²) in [6.07, 6.45) is -0.240. The van der Waals surface area contributed by atoms with Gasteiger partial charge in [0.1, 0.15) is 6.54 Å². The highest BCUT2D eigenvalue weighted by atomic mass is 16.5. The Morgan fingerprint density at radius 2 is 1.84 bits per heavy atom. The van der Waals surface area contributed by atoms with E-state index >= 15 is 0 Å². The van der Waals surface area contributed by atoms with Crippen LogP contribution in [0.4, 0.5) is 0 Å². The lowest BCUT2D eigenvalue weighted by Gasteiger charge is -2.26. The fourth-order valence-electron chi connectivity index (χ4n) is 1.57. The van der Waals surface area contributed by atoms with Crippen LogP contribution in [0.1, 0.15) is 27.2 Å². The molecule has 0 aromatic carbocycles. The van der Waals surface area contributed by atoms with Crippen LogP contribution in [0, 0.1) is 5.92 Å². The van der Waals surface area contributed by atoms with E-state index in [-0.39, 0.29) is 25.5 Å². The van der Waals surface area contributed by atoms with Crippen molar-refractivity contribution < 1.29 is 19.1 Å². The van der Waals surface area contributed by atoms with Gasteiger partial charge in [0.15, 0.2) is 0 Å². The number of nitrogens with two attached hydrogens (primary N) is 2. The molecular weight excluding hydrogens is 250 g/mol. The lowest BCUT2D eigenvalue weighted by atomic mass is 10.1. The van der Waals surface area contributed by atoms with Crippen LogP contribution in [0.2, 0.25) is 0 Å². The monoisotopic (exact) mass is 273 g/mol. The van der Waals surface area contributed by atoms with Gasteiger partial charge in [0, 0.05) is 6.54 Å². The summed E-state index contributed by atoms with van der Waals surface area (Å²) in [5.41, 5.74) is 10.6. The molecule has 1 unspecified atom stereocenters. The zero-order chi connectivity index (χ0) is 15.0. The first kappa shape index (κ1) is 17.4. The molecule has 1 atom stereocenters. The van der Waals surface area contributed by atoms with Crippen LogP contribution >= 0.6 is 0 Å². The molecule has 0 aliphatic carbocycles. The highest BCUT2D eigenvalue weighted by Gasteiger charge is 2.25. The summed E-state index contributed by atoms with van der Waals surface area (Å²) < 4.78 is 4.80. The van der Waals surface area contributed by atoms with Crippen molar-refractivity contribution in [3.05, 3.63) is 0 Å². The molecule has 0 heterocycles. The van der Waals surface area contributed by atoms with Gasteiger partial charge < -0.3 is 21.1 Å². The first-order valence-corrected chi connectivity index (χ1v) is 6.26. The van der Waals surface area contributed by atoms with E-state index < -0.39 is 23.8 Å². The fourth-order valence-corrected chi connectivity index (χ4v) is 1.57. The Labute approximate surface area is 113 Å². The van der Waals surface area contributed by atoms with Gasteiger partial charge in [-0.2, -0.15) is 0 Å². The van der Waals surface area contributed by atoms with Gasteiger partial charge in [-0.15, -0.1) is 0 Å². The molecule has 0 bridgehead atoms. The molecule has 0 aliphatic rings. The minimum Gasteiger partial charge on any atom is -0.465 e. The maximum absolute atomic E-state index is 12.0. The van der Waals surface area contributed by atoms with Crippen molar-refractivity contribution in [3.8, 4) is 0 Å². The summed E-state index contributed by atoms with van der Waals surface area (Å²) in [6, 6.07) is -1.02. The third kappa shape index (κ3) is 7.40. The predicted molar refractivity (Wildman–Crippen MR) is 69.8 cm³/mol. The summed E-state index contributed by atoms with van der Waals surface area (Å²) in [5.74, 6) is -1.45. The standard InChI is InChI=1S/C12H23N3O4/c1-4-19-11(17)7-15(6-8(2)3)12(18)9(13)5-10(14)16/h8-9H,4-7,13H2,1-3H3,(H2,14,16). The molecule has 0 aromatic rings. The Balaban J connectivity index is 4.68. The maximum Gasteiger partial charge on any atom is 0.325 e. The van der Waals surface area contributed by atoms with Crippen molar-refractivity contribution >= 4 is 17.8 Å². The van der Waals surface area contributed by atoms with Gasteiger partial charge in [-0.25, -0.2) is 0 Å². The number of esters is 1. The van der Waals surface area contributed by atoms with Gasteiger partial charge in [0.2, 0.25) is 11.8 Å². The van der Waals surface area contributed by atoms with Crippen LogP contribution in [0.5, 0.6) is 0 Å². The van der Waals surface area contributed by atoms with E-state index in [0.29, 0.717) is 6.54 Å². The van der Waals surface area contributed by atoms with Gasteiger partial charge in [0.25, 0.3) is 0 Å². The van der Waals surface area contributed by atoms with Crippen molar-refractivity contribution in [1.82, 2.24) is 4.90 Å². The van der Waals surface area contributed by atoms with E-state index in [9.17, 15) is 14.4 Å². The highest BCUT2D eigenvalue weighted by molar-refractivity contribution is 5.89. The minimum absolute atomic E-state index is 0.166. The lowest BCUT2D eigenvalue weighted by molar-refractivity contribution is -0.149. The second-order valence-corrected chi connectivity index (χ2v) is 4.69. The molecule has 0 rings (SSSR count). The first-order chi connectivity index (χ1) is 8.77. The zero-order valence-electron chi connectivity index (χ0n) is 11.7. The molecule has 2 amide bonds. The molecule has 0 saturated heterocycles. The maximum atomic E-state index is 12.0. The molecule has 7 heteroatoms. The average Bonchev–Trinajstić information content (AvgIpc) is 2.25. The fraction of sp³-hybridized carbons (Fsp3) is 0.750. The molecular formula is C12H23N3O4. The van der Waals surface area contributed by atoms with Crippen LogP contribution in [-0.4, -0.2) is 48.4 Å². The molecule has 0 spiro atoms. The van der Waals surface area contributed by atoms with Crippen molar-refractivity contribution in [2.45, 2.75) is 33.2 Å². The Bertz CT molecular complexity index is 331. The van der Waals surface area contributed by atoms with Gasteiger partial charge in [-0.05, 0) is 12.8 Å². The number of rotatable bonds is 8. The number of carbonyl (C=O) groups is 3. The highest BCUT2D eigenvalue weighted by Crippen LogP contribution is 2.03. The molecule has 19 heavy (non-hydrogen) atoms. The van der Waals surface area contributed by atoms with E-state index in [1.54, 1.807) is 6.92 Å². The molecule has 0 aliphatic heterocycles. The van der Waals surface area contributed by atoms with Crippen LogP contribution < -0.4 is 11.5 Å². The topological polar surface area (TPSA) is 116 Å². The van der Waals surface area contributed by atoms with Gasteiger partial charge in [-0.3, -0.25) is 14.4 Å². The third-order valence-electron chi connectivity index (χ3n) is 2.26. The first-order valence-electron chi connectivity index (χ1n) is 6.26. The Kier molecular flexibility index (Phi) is 7.74. The summed E-state index contributed by atoms with van der Waals surface area (Å²) in [4.78, 5) is 35.5. The number of ether oxygens (including phenoxy) is 1. The van der Waals surface area contributed by atoms with Gasteiger partial charge in [-0.1, -0.05) is 13.8 Å². The SMILES string of the molecule is CCOC(=O)CN(CC(C)C)C(=O)C(N)CC(N)=O. The molecule has 110 valence electrons. The average molecular weight is 273 g/mol. The van der Waals surface area contributed by atoms with Crippen molar-refractivity contribution in [3.63, 3.8) is 0 Å². The summed E-state index contributed by atoms with van der Waals surface area (Å²) >= 11 is 0. The normalized spacial score (nSPS) is 12.1. The van der Waals surface area contributed by atoms with E-state index in [1.165, 1.54) is 4.90 Å². The molecule has 0 fully saturated rings. The Hall–Kier alpha value is -1.63. The third-order valence-corrected chi connectivity index (χ3v) is 2.26. The minimum atomic E-state index is -1.02. The van der Waals surface area contributed by atoms with Gasteiger partial charge >= 0.3 is 5.97 Å². The summed E-state index contributed by atoms with van der Waals surface area (Å²) in [6.45, 7) is 5.94. The van der Waals surface area contributed by atoms with Gasteiger partial charge in [0.05, 0.1) is 19.1 Å². The number of hydrogen-bond acceptors (Lipinski definition) is 5. The summed E-state index contributed by atoms with van der Waals surface area (Å²) in [7, 11) is 0. The number of hydrogen-bond donors (Lipinski definition) is 2. The molecule has 0 aromatic heterocycles. The zero-order valence-corrected chi connectivity index (χ0v) is 11.7. The van der Waals surface area contributed by atoms with Crippen LogP contribution in [-0.2, 0) is 19.1 Å². The predicted octanol–water partition coefficient (Wildman–Crippen LogP) is -0.763. The number of primary amides is 1. The Morgan fingerprint density at radius 3 is 2.26 bits per heavy atom. The summed E-state index contributed by atoms with van der Waals surface area (Å²) in [5, 5.41) is 0. The lowest BCUT2D eigenvalue weighted by Crippen LogP contribution is -2.48. The van der Waals surface area contributed by atoms with Crippen molar-refractivity contribution in [1.29, 1.82) is 0 Å². The van der Waals surface area contributed by atoms with Crippen LogP contribution in [0.15, 0.2) is 0 Å². The van der Waals surface area contributed by atoms with E-state index in [1.807, 2.05) is 13.8 Å². The van der Waals surface area contributed by atoms with Crippen molar-refractivity contribution in [2.75, 3.05) is 19.7 Å². The van der Waals surface area contributed by atoms with Crippen molar-refractivity contribution in [2.24, 2.45) is 17.4 Å². The van der Waals surface area contributed by atoms with Crippen LogP contribution in [0.3, 0.4) is 0 Å². The molecule has 4 N–H and O–H groups in total. The number of amides is 2.